The van der Waals surface area contributed by atoms with Crippen molar-refractivity contribution in [2.75, 3.05) is 26.2 Å². The molecule has 0 saturated carbocycles. The molecule has 1 unspecified atom stereocenters. The third kappa shape index (κ3) is 5.03. The maximum Gasteiger partial charge on any atom is 0.236 e. The summed E-state index contributed by atoms with van der Waals surface area (Å²) in [7, 11) is 0. The van der Waals surface area contributed by atoms with Gasteiger partial charge in [0.15, 0.2) is 0 Å². The number of carbonyl (C=O) groups is 1. The zero-order chi connectivity index (χ0) is 15.8. The van der Waals surface area contributed by atoms with Crippen molar-refractivity contribution in [2.45, 2.75) is 43.3 Å². The summed E-state index contributed by atoms with van der Waals surface area (Å²) in [6.07, 6.45) is 3.14. The van der Waals surface area contributed by atoms with E-state index in [1.54, 1.807) is 11.8 Å². The summed E-state index contributed by atoms with van der Waals surface area (Å²) >= 11 is 1.70. The zero-order valence-corrected chi connectivity index (χ0v) is 14.6. The Kier molecular flexibility index (Phi) is 7.26. The highest BCUT2D eigenvalue weighted by Crippen LogP contribution is 2.28. The molecule has 1 aromatic carbocycles. The van der Waals surface area contributed by atoms with Gasteiger partial charge in [-0.1, -0.05) is 32.0 Å². The number of rotatable bonds is 7. The smallest absolute Gasteiger partial charge is 0.236 e. The second-order valence-corrected chi connectivity index (χ2v) is 7.18. The van der Waals surface area contributed by atoms with Crippen molar-refractivity contribution in [2.24, 2.45) is 5.92 Å². The van der Waals surface area contributed by atoms with E-state index in [-0.39, 0.29) is 5.25 Å². The first kappa shape index (κ1) is 17.4. The van der Waals surface area contributed by atoms with E-state index in [1.807, 2.05) is 18.2 Å². The van der Waals surface area contributed by atoms with Crippen LogP contribution in [0.4, 0.5) is 0 Å². The van der Waals surface area contributed by atoms with Gasteiger partial charge in [-0.2, -0.15) is 0 Å². The molecule has 0 bridgehead atoms. The molecule has 1 saturated heterocycles. The molecule has 3 nitrogen and oxygen atoms in total. The van der Waals surface area contributed by atoms with Crippen LogP contribution in [0.1, 0.15) is 33.1 Å². The van der Waals surface area contributed by atoms with Gasteiger partial charge >= 0.3 is 0 Å². The maximum atomic E-state index is 12.7. The van der Waals surface area contributed by atoms with E-state index in [1.165, 1.54) is 4.90 Å². The van der Waals surface area contributed by atoms with E-state index in [0.29, 0.717) is 5.91 Å². The van der Waals surface area contributed by atoms with Gasteiger partial charge in [0.05, 0.1) is 5.25 Å². The van der Waals surface area contributed by atoms with E-state index in [9.17, 15) is 4.79 Å². The van der Waals surface area contributed by atoms with Crippen molar-refractivity contribution in [3.05, 3.63) is 30.3 Å². The van der Waals surface area contributed by atoms with Crippen LogP contribution < -0.4 is 5.32 Å². The number of likely N-dealkylation sites (tertiary alicyclic amines) is 1. The quantitative estimate of drug-likeness (QED) is 0.782. The van der Waals surface area contributed by atoms with E-state index in [0.717, 1.165) is 51.4 Å². The first-order chi connectivity index (χ1) is 10.7. The van der Waals surface area contributed by atoms with Crippen molar-refractivity contribution in [1.82, 2.24) is 10.2 Å². The summed E-state index contributed by atoms with van der Waals surface area (Å²) < 4.78 is 0. The number of hydrogen-bond acceptors (Lipinski definition) is 3. The number of nitrogens with one attached hydrogen (secondary N) is 1. The van der Waals surface area contributed by atoms with Crippen LogP contribution in [-0.2, 0) is 4.79 Å². The predicted molar refractivity (Wildman–Crippen MR) is 94.2 cm³/mol. The minimum absolute atomic E-state index is 0.0488. The average Bonchev–Trinajstić information content (AvgIpc) is 2.58. The van der Waals surface area contributed by atoms with Crippen LogP contribution in [0, 0.1) is 5.92 Å². The van der Waals surface area contributed by atoms with Gasteiger partial charge in [-0.05, 0) is 50.4 Å². The van der Waals surface area contributed by atoms with E-state index in [4.69, 9.17) is 0 Å². The zero-order valence-electron chi connectivity index (χ0n) is 13.8. The lowest BCUT2D eigenvalue weighted by Gasteiger charge is -2.34. The fraction of sp³-hybridized carbons (Fsp3) is 0.611. The molecule has 0 aliphatic carbocycles. The minimum Gasteiger partial charge on any atom is -0.342 e. The maximum absolute atomic E-state index is 12.7. The molecule has 122 valence electrons. The van der Waals surface area contributed by atoms with E-state index < -0.39 is 0 Å². The summed E-state index contributed by atoms with van der Waals surface area (Å²) in [5.41, 5.74) is 0. The molecule has 1 N–H and O–H groups in total. The lowest BCUT2D eigenvalue weighted by atomic mass is 9.96. The van der Waals surface area contributed by atoms with Crippen LogP contribution in [0.5, 0.6) is 0 Å². The molecule has 1 aliphatic rings. The molecule has 1 aromatic rings. The topological polar surface area (TPSA) is 32.3 Å². The molecule has 0 radical (unpaired) electrons. The Morgan fingerprint density at radius 2 is 1.95 bits per heavy atom. The number of amides is 1. The van der Waals surface area contributed by atoms with Crippen LogP contribution in [0.3, 0.4) is 0 Å². The number of piperidine rings is 1. The first-order valence-electron chi connectivity index (χ1n) is 8.45. The highest BCUT2D eigenvalue weighted by Gasteiger charge is 2.27. The van der Waals surface area contributed by atoms with E-state index in [2.05, 4.69) is 36.2 Å². The number of nitrogens with zero attached hydrogens (tertiary/aromatic N) is 1. The second-order valence-electron chi connectivity index (χ2n) is 5.90. The van der Waals surface area contributed by atoms with Crippen molar-refractivity contribution in [3.63, 3.8) is 0 Å². The van der Waals surface area contributed by atoms with Gasteiger partial charge in [-0.3, -0.25) is 4.79 Å². The van der Waals surface area contributed by atoms with E-state index >= 15 is 0 Å². The Bertz CT molecular complexity index is 444. The Labute approximate surface area is 138 Å². The molecule has 0 aromatic heterocycles. The minimum atomic E-state index is 0.0488. The van der Waals surface area contributed by atoms with Crippen LogP contribution >= 0.6 is 11.8 Å². The van der Waals surface area contributed by atoms with Gasteiger partial charge in [0, 0.05) is 18.0 Å². The standard InChI is InChI=1S/C18H28N2OS/c1-3-17(22-16-8-6-5-7-9-16)18(21)20-12-10-15(11-13-20)14-19-4-2/h5-9,15,17,19H,3-4,10-14H2,1-2H3. The number of hydrogen-bond donors (Lipinski definition) is 1. The number of carbonyl (C=O) groups excluding carboxylic acids is 1. The fourth-order valence-electron chi connectivity index (χ4n) is 2.88. The lowest BCUT2D eigenvalue weighted by molar-refractivity contribution is -0.132. The lowest BCUT2D eigenvalue weighted by Crippen LogP contribution is -2.44. The third-order valence-electron chi connectivity index (χ3n) is 4.28. The summed E-state index contributed by atoms with van der Waals surface area (Å²) in [5.74, 6) is 1.05. The Morgan fingerprint density at radius 1 is 1.27 bits per heavy atom. The summed E-state index contributed by atoms with van der Waals surface area (Å²) in [6.45, 7) is 8.21. The largest absolute Gasteiger partial charge is 0.342 e. The molecule has 4 heteroatoms. The van der Waals surface area contributed by atoms with Gasteiger partial charge in [0.2, 0.25) is 5.91 Å². The Morgan fingerprint density at radius 3 is 2.55 bits per heavy atom. The van der Waals surface area contributed by atoms with Gasteiger partial charge in [-0.15, -0.1) is 11.8 Å². The average molecular weight is 321 g/mol. The summed E-state index contributed by atoms with van der Waals surface area (Å²) in [5, 5.41) is 3.47. The molecule has 22 heavy (non-hydrogen) atoms. The SMILES string of the molecule is CCNCC1CCN(C(=O)C(CC)Sc2ccccc2)CC1. The van der Waals surface area contributed by atoms with Gasteiger partial charge in [0.1, 0.15) is 0 Å². The first-order valence-corrected chi connectivity index (χ1v) is 9.33. The highest BCUT2D eigenvalue weighted by molar-refractivity contribution is 8.00. The molecular weight excluding hydrogens is 292 g/mol. The van der Waals surface area contributed by atoms with Crippen LogP contribution in [0.2, 0.25) is 0 Å². The Balaban J connectivity index is 1.84. The van der Waals surface area contributed by atoms with Crippen LogP contribution in [0.25, 0.3) is 0 Å². The molecule has 1 heterocycles. The number of benzene rings is 1. The third-order valence-corrected chi connectivity index (χ3v) is 5.64. The molecule has 2 rings (SSSR count). The van der Waals surface area contributed by atoms with Crippen LogP contribution in [-0.4, -0.2) is 42.2 Å². The van der Waals surface area contributed by atoms with Crippen molar-refractivity contribution in [1.29, 1.82) is 0 Å². The number of thioether (sulfide) groups is 1. The molecule has 0 spiro atoms. The normalized spacial score (nSPS) is 17.5. The van der Waals surface area contributed by atoms with Crippen molar-refractivity contribution >= 4 is 17.7 Å². The second kappa shape index (κ2) is 9.21. The van der Waals surface area contributed by atoms with Crippen molar-refractivity contribution < 1.29 is 4.79 Å². The summed E-state index contributed by atoms with van der Waals surface area (Å²) in [6, 6.07) is 10.3. The molecule has 1 atom stereocenters. The summed E-state index contributed by atoms with van der Waals surface area (Å²) in [4.78, 5) is 16.0. The predicted octanol–water partition coefficient (Wildman–Crippen LogP) is 3.41. The molecule has 1 fully saturated rings. The Hall–Kier alpha value is -1.00. The van der Waals surface area contributed by atoms with Gasteiger partial charge in [0.25, 0.3) is 0 Å². The van der Waals surface area contributed by atoms with Crippen LogP contribution in [0.15, 0.2) is 35.2 Å². The fourth-order valence-corrected chi connectivity index (χ4v) is 3.94. The monoisotopic (exact) mass is 320 g/mol. The van der Waals surface area contributed by atoms with Crippen molar-refractivity contribution in [3.8, 4) is 0 Å². The highest BCUT2D eigenvalue weighted by atomic mass is 32.2. The molecular formula is C18H28N2OS. The molecule has 1 aliphatic heterocycles. The van der Waals surface area contributed by atoms with Gasteiger partial charge < -0.3 is 10.2 Å². The molecule has 1 amide bonds. The van der Waals surface area contributed by atoms with Gasteiger partial charge in [-0.25, -0.2) is 0 Å².